The third kappa shape index (κ3) is 2.79. The van der Waals surface area contributed by atoms with E-state index >= 15 is 0 Å². The lowest BCUT2D eigenvalue weighted by atomic mass is 9.52. The fraction of sp³-hybridized carbons (Fsp3) is 0.0930. The highest BCUT2D eigenvalue weighted by molar-refractivity contribution is 5.94. The second-order valence-electron chi connectivity index (χ2n) is 12.6. The minimum Gasteiger partial charge on any atom is -0.265 e. The molecule has 6 aromatic carbocycles. The van der Waals surface area contributed by atoms with Crippen LogP contribution in [0, 0.1) is 0 Å². The summed E-state index contributed by atoms with van der Waals surface area (Å²) in [5, 5.41) is 0. The Kier molecular flexibility index (Phi) is 4.76. The van der Waals surface area contributed by atoms with Gasteiger partial charge in [-0.2, -0.15) is 0 Å². The molecule has 0 saturated heterocycles. The predicted octanol–water partition coefficient (Wildman–Crippen LogP) is 9.63. The molecule has 0 saturated carbocycles. The van der Waals surface area contributed by atoms with Crippen LogP contribution in [0.5, 0.6) is 0 Å². The fourth-order valence-electron chi connectivity index (χ4n) is 9.15. The van der Waals surface area contributed by atoms with E-state index in [9.17, 15) is 0 Å². The molecule has 3 aliphatic carbocycles. The van der Waals surface area contributed by atoms with Crippen molar-refractivity contribution < 1.29 is 0 Å². The van der Waals surface area contributed by atoms with Crippen molar-refractivity contribution in [2.75, 3.05) is 0 Å². The summed E-state index contributed by atoms with van der Waals surface area (Å²) >= 11 is 0. The molecule has 0 amide bonds. The third-order valence-electron chi connectivity index (χ3n) is 10.7. The average Bonchev–Trinajstić information content (AvgIpc) is 3.78. The quantitative estimate of drug-likeness (QED) is 0.200. The van der Waals surface area contributed by atoms with Gasteiger partial charge in [-0.1, -0.05) is 146 Å². The third-order valence-corrected chi connectivity index (χ3v) is 10.7. The van der Waals surface area contributed by atoms with Crippen LogP contribution in [0.4, 0.5) is 0 Å². The van der Waals surface area contributed by atoms with Crippen molar-refractivity contribution in [1.82, 2.24) is 0 Å². The van der Waals surface area contributed by atoms with Crippen LogP contribution in [0.2, 0.25) is 0 Å². The van der Waals surface area contributed by atoms with Gasteiger partial charge < -0.3 is 0 Å². The second kappa shape index (κ2) is 8.65. The van der Waals surface area contributed by atoms with Crippen LogP contribution in [-0.2, 0) is 17.3 Å². The van der Waals surface area contributed by atoms with Crippen LogP contribution < -0.4 is 0 Å². The molecule has 1 aliphatic heterocycles. The van der Waals surface area contributed by atoms with Crippen molar-refractivity contribution in [3.63, 3.8) is 0 Å². The summed E-state index contributed by atoms with van der Waals surface area (Å²) in [6.45, 7) is 0. The summed E-state index contributed by atoms with van der Waals surface area (Å²) < 4.78 is 0. The van der Waals surface area contributed by atoms with Crippen molar-refractivity contribution in [1.29, 1.82) is 0 Å². The highest BCUT2D eigenvalue weighted by Gasteiger charge is 2.58. The van der Waals surface area contributed by atoms with Gasteiger partial charge in [0.05, 0.1) is 10.8 Å². The van der Waals surface area contributed by atoms with E-state index in [0.717, 1.165) is 12.8 Å². The van der Waals surface area contributed by atoms with Gasteiger partial charge in [-0.15, -0.1) is 0 Å². The van der Waals surface area contributed by atoms with Crippen molar-refractivity contribution in [2.24, 2.45) is 4.99 Å². The summed E-state index contributed by atoms with van der Waals surface area (Å²) in [5.74, 6) is 0. The number of aliphatic imine (C=N–C) groups is 1. The molecular formula is C43H29N. The Bertz CT molecular complexity index is 2150. The first-order chi connectivity index (χ1) is 21.8. The smallest absolute Gasteiger partial charge is 0.0720 e. The van der Waals surface area contributed by atoms with E-state index in [4.69, 9.17) is 0 Å². The van der Waals surface area contributed by atoms with Gasteiger partial charge in [-0.25, -0.2) is 0 Å². The van der Waals surface area contributed by atoms with Gasteiger partial charge in [-0.05, 0) is 72.3 Å². The van der Waals surface area contributed by atoms with Gasteiger partial charge in [0.15, 0.2) is 0 Å². The molecule has 0 unspecified atom stereocenters. The monoisotopic (exact) mass is 559 g/mol. The highest BCUT2D eigenvalue weighted by atomic mass is 14.7. The summed E-state index contributed by atoms with van der Waals surface area (Å²) in [5.41, 5.74) is 18.1. The molecule has 44 heavy (non-hydrogen) atoms. The molecule has 1 nitrogen and oxygen atoms in total. The predicted molar refractivity (Wildman–Crippen MR) is 180 cm³/mol. The van der Waals surface area contributed by atoms with E-state index in [1.54, 1.807) is 0 Å². The van der Waals surface area contributed by atoms with Crippen molar-refractivity contribution in [3.8, 4) is 22.3 Å². The van der Waals surface area contributed by atoms with Crippen molar-refractivity contribution in [2.45, 2.75) is 23.7 Å². The number of fused-ring (bicyclic) bond motifs is 16. The average molecular weight is 560 g/mol. The summed E-state index contributed by atoms with van der Waals surface area (Å²) in [7, 11) is 0. The van der Waals surface area contributed by atoms with Gasteiger partial charge in [0.25, 0.3) is 0 Å². The number of benzene rings is 6. The lowest BCUT2D eigenvalue weighted by Crippen LogP contribution is -2.43. The lowest BCUT2D eigenvalue weighted by molar-refractivity contribution is 0.632. The van der Waals surface area contributed by atoms with Crippen molar-refractivity contribution in [3.05, 3.63) is 202 Å². The molecule has 6 aromatic rings. The number of rotatable bonds is 2. The Morgan fingerprint density at radius 1 is 0.432 bits per heavy atom. The molecule has 1 heteroatoms. The molecule has 0 aromatic heterocycles. The maximum Gasteiger partial charge on any atom is 0.0720 e. The normalized spacial score (nSPS) is 16.6. The van der Waals surface area contributed by atoms with Gasteiger partial charge in [0.2, 0.25) is 0 Å². The summed E-state index contributed by atoms with van der Waals surface area (Å²) in [4.78, 5) is 4.67. The Hall–Kier alpha value is -5.27. The molecular weight excluding hydrogens is 530 g/mol. The van der Waals surface area contributed by atoms with E-state index < -0.39 is 10.8 Å². The second-order valence-corrected chi connectivity index (χ2v) is 12.6. The zero-order chi connectivity index (χ0) is 28.9. The molecule has 4 aliphatic rings. The SMILES string of the molecule is C1=CN=C(Cc2ccc3c(c2)C2(c4ccccc4-3)c3ccccc3C3(c4ccccc4-c4ccccc43)c3ccccc32)C1. The van der Waals surface area contributed by atoms with E-state index in [1.165, 1.54) is 78.0 Å². The first-order valence-corrected chi connectivity index (χ1v) is 15.7. The van der Waals surface area contributed by atoms with E-state index in [1.807, 2.05) is 6.20 Å². The number of allylic oxidation sites excluding steroid dienone is 1. The van der Waals surface area contributed by atoms with Gasteiger partial charge in [-0.3, -0.25) is 4.99 Å². The molecule has 206 valence electrons. The largest absolute Gasteiger partial charge is 0.265 e. The van der Waals surface area contributed by atoms with Crippen LogP contribution in [0.25, 0.3) is 22.3 Å². The Labute approximate surface area is 257 Å². The first kappa shape index (κ1) is 24.2. The van der Waals surface area contributed by atoms with Crippen molar-refractivity contribution >= 4 is 5.71 Å². The zero-order valence-electron chi connectivity index (χ0n) is 24.3. The molecule has 0 atom stereocenters. The van der Waals surface area contributed by atoms with Crippen LogP contribution in [0.1, 0.15) is 56.5 Å². The molecule has 2 spiro atoms. The number of nitrogens with zero attached hydrogens (tertiary/aromatic N) is 1. The van der Waals surface area contributed by atoms with Gasteiger partial charge in [0, 0.05) is 24.8 Å². The molecule has 10 rings (SSSR count). The highest BCUT2D eigenvalue weighted by Crippen LogP contribution is 2.67. The molecule has 0 fully saturated rings. The Morgan fingerprint density at radius 2 is 0.841 bits per heavy atom. The minimum atomic E-state index is -0.428. The Balaban J connectivity index is 1.36. The van der Waals surface area contributed by atoms with E-state index in [0.29, 0.717) is 0 Å². The maximum atomic E-state index is 4.67. The standard InChI is InChI=1S/C43H29N/c1-4-16-34-30(13-1)31-14-2-5-17-35(31)42(34)37-19-7-9-21-39(37)43(40-22-10-8-20-38(40)42)36-18-6-3-15-32(36)33-24-23-28(27-41(33)43)26-29-12-11-25-44-29/h1-11,13-25,27H,12,26H2. The topological polar surface area (TPSA) is 12.4 Å². The van der Waals surface area contributed by atoms with Gasteiger partial charge >= 0.3 is 0 Å². The van der Waals surface area contributed by atoms with Crippen LogP contribution in [0.3, 0.4) is 0 Å². The minimum absolute atomic E-state index is 0.398. The first-order valence-electron chi connectivity index (χ1n) is 15.7. The van der Waals surface area contributed by atoms with E-state index in [2.05, 4.69) is 151 Å². The molecule has 0 radical (unpaired) electrons. The fourth-order valence-corrected chi connectivity index (χ4v) is 9.15. The molecule has 1 heterocycles. The summed E-state index contributed by atoms with van der Waals surface area (Å²) in [6, 6.07) is 53.1. The zero-order valence-corrected chi connectivity index (χ0v) is 24.3. The lowest BCUT2D eigenvalue weighted by Gasteiger charge is -2.48. The molecule has 0 bridgehead atoms. The maximum absolute atomic E-state index is 4.67. The molecule has 0 N–H and O–H groups in total. The van der Waals surface area contributed by atoms with Crippen LogP contribution in [0.15, 0.2) is 157 Å². The number of hydrogen-bond acceptors (Lipinski definition) is 1. The van der Waals surface area contributed by atoms with E-state index in [-0.39, 0.29) is 0 Å². The van der Waals surface area contributed by atoms with Gasteiger partial charge in [0.1, 0.15) is 0 Å². The summed E-state index contributed by atoms with van der Waals surface area (Å²) in [6.07, 6.45) is 5.92. The Morgan fingerprint density at radius 3 is 1.30 bits per heavy atom. The number of hydrogen-bond donors (Lipinski definition) is 0. The van der Waals surface area contributed by atoms with Crippen LogP contribution in [-0.4, -0.2) is 5.71 Å². The van der Waals surface area contributed by atoms with Crippen LogP contribution >= 0.6 is 0 Å².